The van der Waals surface area contributed by atoms with Gasteiger partial charge in [0.2, 0.25) is 0 Å². The smallest absolute Gasteiger partial charge is 0.0468 e. The molecule has 1 unspecified atom stereocenters. The van der Waals surface area contributed by atoms with E-state index in [0.717, 1.165) is 18.4 Å². The molecular weight excluding hydrogens is 233 g/mol. The lowest BCUT2D eigenvalue weighted by Crippen LogP contribution is -2.12. The Morgan fingerprint density at radius 2 is 1.93 bits per heavy atom. The van der Waals surface area contributed by atoms with Gasteiger partial charge in [0, 0.05) is 35.4 Å². The Kier molecular flexibility index (Phi) is 5.40. The summed E-state index contributed by atoms with van der Waals surface area (Å²) in [6.07, 6.45) is 1.72. The minimum absolute atomic E-state index is 0.124. The van der Waals surface area contributed by atoms with E-state index in [2.05, 4.69) is 0 Å². The molecule has 0 saturated carbocycles. The third kappa shape index (κ3) is 3.65. The van der Waals surface area contributed by atoms with Crippen molar-refractivity contribution in [2.24, 2.45) is 5.73 Å². The molecule has 2 N–H and O–H groups in total. The van der Waals surface area contributed by atoms with E-state index >= 15 is 0 Å². The largest absolute Gasteiger partial charge is 0.385 e. The fourth-order valence-electron chi connectivity index (χ4n) is 1.46. The highest BCUT2D eigenvalue weighted by molar-refractivity contribution is 6.36. The highest BCUT2D eigenvalue weighted by Crippen LogP contribution is 2.30. The zero-order valence-electron chi connectivity index (χ0n) is 8.67. The van der Waals surface area contributed by atoms with Crippen LogP contribution in [-0.2, 0) is 4.74 Å². The van der Waals surface area contributed by atoms with E-state index in [-0.39, 0.29) is 6.04 Å². The summed E-state index contributed by atoms with van der Waals surface area (Å²) in [5.74, 6) is 0. The molecule has 0 heterocycles. The average molecular weight is 248 g/mol. The molecule has 84 valence electrons. The van der Waals surface area contributed by atoms with Gasteiger partial charge in [-0.15, -0.1) is 0 Å². The molecule has 0 aliphatic rings. The number of methoxy groups -OCH3 is 1. The van der Waals surface area contributed by atoms with Crippen molar-refractivity contribution >= 4 is 23.2 Å². The fourth-order valence-corrected chi connectivity index (χ4v) is 2.13. The first-order valence-electron chi connectivity index (χ1n) is 4.85. The molecule has 0 aromatic heterocycles. The monoisotopic (exact) mass is 247 g/mol. The molecule has 2 nitrogen and oxygen atoms in total. The topological polar surface area (TPSA) is 35.2 Å². The minimum atomic E-state index is -0.124. The maximum Gasteiger partial charge on any atom is 0.0468 e. The van der Waals surface area contributed by atoms with Gasteiger partial charge in [0.05, 0.1) is 0 Å². The SMILES string of the molecule is COCCCC(N)c1c(Cl)cccc1Cl. The number of ether oxygens (including phenoxy) is 1. The van der Waals surface area contributed by atoms with Gasteiger partial charge in [-0.3, -0.25) is 0 Å². The van der Waals surface area contributed by atoms with Crippen LogP contribution in [0, 0.1) is 0 Å². The van der Waals surface area contributed by atoms with Crippen LogP contribution in [0.5, 0.6) is 0 Å². The summed E-state index contributed by atoms with van der Waals surface area (Å²) in [7, 11) is 1.67. The second kappa shape index (κ2) is 6.33. The summed E-state index contributed by atoms with van der Waals surface area (Å²) in [6.45, 7) is 0.704. The van der Waals surface area contributed by atoms with Crippen LogP contribution in [0.1, 0.15) is 24.4 Å². The predicted molar refractivity (Wildman–Crippen MR) is 64.5 cm³/mol. The maximum atomic E-state index is 6.04. The molecule has 0 fully saturated rings. The number of halogens is 2. The van der Waals surface area contributed by atoms with Crippen LogP contribution in [-0.4, -0.2) is 13.7 Å². The van der Waals surface area contributed by atoms with Crippen molar-refractivity contribution in [3.8, 4) is 0 Å². The van der Waals surface area contributed by atoms with Crippen molar-refractivity contribution < 1.29 is 4.74 Å². The van der Waals surface area contributed by atoms with E-state index in [0.29, 0.717) is 16.7 Å². The van der Waals surface area contributed by atoms with Gasteiger partial charge >= 0.3 is 0 Å². The van der Waals surface area contributed by atoms with Gasteiger partial charge in [0.15, 0.2) is 0 Å². The molecular formula is C11H15Cl2NO. The molecule has 1 aromatic rings. The Balaban J connectivity index is 2.68. The van der Waals surface area contributed by atoms with Crippen molar-refractivity contribution in [1.29, 1.82) is 0 Å². The molecule has 0 bridgehead atoms. The van der Waals surface area contributed by atoms with E-state index in [4.69, 9.17) is 33.7 Å². The summed E-state index contributed by atoms with van der Waals surface area (Å²) in [5.41, 5.74) is 6.84. The molecule has 1 aromatic carbocycles. The molecule has 0 saturated heterocycles. The molecule has 0 aliphatic carbocycles. The number of rotatable bonds is 5. The first kappa shape index (κ1) is 12.8. The summed E-state index contributed by atoms with van der Waals surface area (Å²) in [4.78, 5) is 0. The van der Waals surface area contributed by atoms with E-state index < -0.39 is 0 Å². The summed E-state index contributed by atoms with van der Waals surface area (Å²) in [6, 6.07) is 5.30. The van der Waals surface area contributed by atoms with Gasteiger partial charge < -0.3 is 10.5 Å². The third-order valence-electron chi connectivity index (χ3n) is 2.23. The van der Waals surface area contributed by atoms with Crippen LogP contribution in [0.3, 0.4) is 0 Å². The summed E-state index contributed by atoms with van der Waals surface area (Å²) >= 11 is 12.1. The molecule has 4 heteroatoms. The molecule has 0 amide bonds. The van der Waals surface area contributed by atoms with Crippen molar-refractivity contribution in [3.05, 3.63) is 33.8 Å². The molecule has 1 atom stereocenters. The van der Waals surface area contributed by atoms with Crippen LogP contribution in [0.25, 0.3) is 0 Å². The fraction of sp³-hybridized carbons (Fsp3) is 0.455. The Bertz CT molecular complexity index is 297. The summed E-state index contributed by atoms with van der Waals surface area (Å²) in [5, 5.41) is 1.26. The number of nitrogens with two attached hydrogens (primary N) is 1. The van der Waals surface area contributed by atoms with Crippen LogP contribution < -0.4 is 5.73 Å². The third-order valence-corrected chi connectivity index (χ3v) is 2.89. The van der Waals surface area contributed by atoms with Crippen LogP contribution in [0.2, 0.25) is 10.0 Å². The quantitative estimate of drug-likeness (QED) is 0.810. The maximum absolute atomic E-state index is 6.04. The highest BCUT2D eigenvalue weighted by Gasteiger charge is 2.13. The average Bonchev–Trinajstić information content (AvgIpc) is 2.18. The van der Waals surface area contributed by atoms with Crippen molar-refractivity contribution in [3.63, 3.8) is 0 Å². The van der Waals surface area contributed by atoms with Gasteiger partial charge in [-0.05, 0) is 25.0 Å². The normalized spacial score (nSPS) is 12.8. The van der Waals surface area contributed by atoms with Crippen molar-refractivity contribution in [2.45, 2.75) is 18.9 Å². The molecule has 0 spiro atoms. The van der Waals surface area contributed by atoms with Crippen LogP contribution in [0.4, 0.5) is 0 Å². The first-order chi connectivity index (χ1) is 7.16. The van der Waals surface area contributed by atoms with E-state index in [9.17, 15) is 0 Å². The Morgan fingerprint density at radius 1 is 1.33 bits per heavy atom. The Labute approximate surface area is 100 Å². The molecule has 1 rings (SSSR count). The highest BCUT2D eigenvalue weighted by atomic mass is 35.5. The second-order valence-electron chi connectivity index (χ2n) is 3.38. The molecule has 15 heavy (non-hydrogen) atoms. The Hall–Kier alpha value is -0.280. The van der Waals surface area contributed by atoms with Gasteiger partial charge in [0.25, 0.3) is 0 Å². The zero-order valence-corrected chi connectivity index (χ0v) is 10.2. The molecule has 0 aliphatic heterocycles. The van der Waals surface area contributed by atoms with E-state index in [1.807, 2.05) is 6.07 Å². The second-order valence-corrected chi connectivity index (χ2v) is 4.19. The lowest BCUT2D eigenvalue weighted by atomic mass is 10.0. The van der Waals surface area contributed by atoms with Crippen molar-refractivity contribution in [1.82, 2.24) is 0 Å². The van der Waals surface area contributed by atoms with E-state index in [1.54, 1.807) is 19.2 Å². The van der Waals surface area contributed by atoms with E-state index in [1.165, 1.54) is 0 Å². The first-order valence-corrected chi connectivity index (χ1v) is 5.61. The van der Waals surface area contributed by atoms with Gasteiger partial charge in [-0.2, -0.15) is 0 Å². The minimum Gasteiger partial charge on any atom is -0.385 e. The lowest BCUT2D eigenvalue weighted by molar-refractivity contribution is 0.190. The zero-order chi connectivity index (χ0) is 11.3. The number of hydrogen-bond donors (Lipinski definition) is 1. The summed E-state index contributed by atoms with van der Waals surface area (Å²) < 4.78 is 4.97. The molecule has 0 radical (unpaired) electrons. The van der Waals surface area contributed by atoms with Gasteiger partial charge in [-0.25, -0.2) is 0 Å². The van der Waals surface area contributed by atoms with Gasteiger partial charge in [-0.1, -0.05) is 29.3 Å². The van der Waals surface area contributed by atoms with Gasteiger partial charge in [0.1, 0.15) is 0 Å². The lowest BCUT2D eigenvalue weighted by Gasteiger charge is -2.14. The standard InChI is InChI=1S/C11H15Cl2NO/c1-15-7-3-6-10(14)11-8(12)4-2-5-9(11)13/h2,4-5,10H,3,6-7,14H2,1H3. The predicted octanol–water partition coefficient (Wildman–Crippen LogP) is 3.42. The van der Waals surface area contributed by atoms with Crippen LogP contribution >= 0.6 is 23.2 Å². The van der Waals surface area contributed by atoms with Crippen molar-refractivity contribution in [2.75, 3.05) is 13.7 Å². The van der Waals surface area contributed by atoms with Crippen LogP contribution in [0.15, 0.2) is 18.2 Å². The number of benzene rings is 1. The number of hydrogen-bond acceptors (Lipinski definition) is 2. The Morgan fingerprint density at radius 3 is 2.47 bits per heavy atom.